The lowest BCUT2D eigenvalue weighted by Crippen LogP contribution is -1.90. The van der Waals surface area contributed by atoms with Gasteiger partial charge in [0.15, 0.2) is 5.65 Å². The second-order valence-corrected chi connectivity index (χ2v) is 5.58. The number of halogens is 1. The van der Waals surface area contributed by atoms with Crippen LogP contribution in [-0.4, -0.2) is 18.9 Å². The number of rotatable bonds is 2. The first-order chi connectivity index (χ1) is 8.79. The highest BCUT2D eigenvalue weighted by Crippen LogP contribution is 2.27. The van der Waals surface area contributed by atoms with Gasteiger partial charge in [-0.15, -0.1) is 0 Å². The minimum atomic E-state index is 0.879. The maximum absolute atomic E-state index is 4.69. The third kappa shape index (κ3) is 1.99. The molecule has 0 atom stereocenters. The summed E-state index contributed by atoms with van der Waals surface area (Å²) in [5.74, 6) is 0. The monoisotopic (exact) mass is 368 g/mol. The quantitative estimate of drug-likeness (QED) is 0.648. The molecule has 3 heterocycles. The molecular weight excluding hydrogens is 359 g/mol. The molecule has 0 saturated carbocycles. The first kappa shape index (κ1) is 11.9. The van der Waals surface area contributed by atoms with Crippen molar-refractivity contribution in [3.63, 3.8) is 0 Å². The van der Waals surface area contributed by atoms with E-state index in [-0.39, 0.29) is 0 Å². The van der Waals surface area contributed by atoms with Crippen LogP contribution in [0.2, 0.25) is 0 Å². The SMILES string of the molecule is Cc1cn(SI)c2ncc(-c3ccncc3)nc12. The van der Waals surface area contributed by atoms with Crippen molar-refractivity contribution in [2.24, 2.45) is 0 Å². The van der Waals surface area contributed by atoms with Gasteiger partial charge in [-0.05, 0) is 24.6 Å². The van der Waals surface area contributed by atoms with E-state index in [2.05, 4.69) is 49.3 Å². The van der Waals surface area contributed by atoms with E-state index in [9.17, 15) is 0 Å². The zero-order valence-electron chi connectivity index (χ0n) is 9.54. The summed E-state index contributed by atoms with van der Waals surface area (Å²) in [5.41, 5.74) is 4.91. The Balaban J connectivity index is 2.20. The normalized spacial score (nSPS) is 11.0. The summed E-state index contributed by atoms with van der Waals surface area (Å²) in [5, 5.41) is 0. The van der Waals surface area contributed by atoms with Gasteiger partial charge in [0.05, 0.1) is 11.9 Å². The van der Waals surface area contributed by atoms with Crippen LogP contribution >= 0.6 is 30.3 Å². The Morgan fingerprint density at radius 3 is 2.78 bits per heavy atom. The second kappa shape index (κ2) is 4.85. The van der Waals surface area contributed by atoms with Crippen molar-refractivity contribution in [1.29, 1.82) is 0 Å². The highest BCUT2D eigenvalue weighted by atomic mass is 127. The van der Waals surface area contributed by atoms with Gasteiger partial charge < -0.3 is 0 Å². The van der Waals surface area contributed by atoms with E-state index < -0.39 is 0 Å². The molecule has 0 N–H and O–H groups in total. The average Bonchev–Trinajstić information content (AvgIpc) is 2.76. The predicted molar refractivity (Wildman–Crippen MR) is 82.5 cm³/mol. The molecule has 3 rings (SSSR count). The second-order valence-electron chi connectivity index (χ2n) is 3.87. The average molecular weight is 368 g/mol. The van der Waals surface area contributed by atoms with Crippen LogP contribution in [0, 0.1) is 6.92 Å². The number of aryl methyl sites for hydroxylation is 1. The van der Waals surface area contributed by atoms with Crippen LogP contribution in [0.15, 0.2) is 36.9 Å². The third-order valence-electron chi connectivity index (χ3n) is 2.70. The lowest BCUT2D eigenvalue weighted by atomic mass is 10.2. The fourth-order valence-corrected chi connectivity index (χ4v) is 3.12. The highest BCUT2D eigenvalue weighted by molar-refractivity contribution is 14.2. The van der Waals surface area contributed by atoms with E-state index >= 15 is 0 Å². The smallest absolute Gasteiger partial charge is 0.169 e. The number of nitrogens with zero attached hydrogens (tertiary/aromatic N) is 4. The van der Waals surface area contributed by atoms with Crippen molar-refractivity contribution in [1.82, 2.24) is 18.9 Å². The molecule has 0 spiro atoms. The summed E-state index contributed by atoms with van der Waals surface area (Å²) in [7, 11) is 1.59. The van der Waals surface area contributed by atoms with Crippen LogP contribution in [0.25, 0.3) is 22.4 Å². The Hall–Kier alpha value is -1.15. The number of pyridine rings is 1. The van der Waals surface area contributed by atoms with E-state index in [4.69, 9.17) is 0 Å². The number of hydrogen-bond donors (Lipinski definition) is 0. The summed E-state index contributed by atoms with van der Waals surface area (Å²) in [4.78, 5) is 13.2. The first-order valence-corrected chi connectivity index (χ1v) is 8.65. The van der Waals surface area contributed by atoms with Gasteiger partial charge in [0.25, 0.3) is 0 Å². The topological polar surface area (TPSA) is 43.6 Å². The zero-order chi connectivity index (χ0) is 12.5. The molecule has 4 nitrogen and oxygen atoms in total. The van der Waals surface area contributed by atoms with Crippen LogP contribution in [0.4, 0.5) is 0 Å². The lowest BCUT2D eigenvalue weighted by molar-refractivity contribution is 1.23. The number of aromatic nitrogens is 4. The van der Waals surface area contributed by atoms with Gasteiger partial charge in [-0.25, -0.2) is 9.97 Å². The van der Waals surface area contributed by atoms with Crippen LogP contribution in [-0.2, 0) is 0 Å². The van der Waals surface area contributed by atoms with Crippen LogP contribution < -0.4 is 0 Å². The molecule has 6 heteroatoms. The molecule has 18 heavy (non-hydrogen) atoms. The van der Waals surface area contributed by atoms with Gasteiger partial charge in [0, 0.05) is 54.5 Å². The Morgan fingerprint density at radius 2 is 2.06 bits per heavy atom. The van der Waals surface area contributed by atoms with Gasteiger partial charge in [-0.3, -0.25) is 8.96 Å². The van der Waals surface area contributed by atoms with Crippen LogP contribution in [0.3, 0.4) is 0 Å². The zero-order valence-corrected chi connectivity index (χ0v) is 12.5. The molecule has 0 aliphatic rings. The number of fused-ring (bicyclic) bond motifs is 1. The lowest BCUT2D eigenvalue weighted by Gasteiger charge is -2.01. The van der Waals surface area contributed by atoms with Crippen molar-refractivity contribution < 1.29 is 0 Å². The Kier molecular flexibility index (Phi) is 3.21. The molecule has 0 aromatic carbocycles. The van der Waals surface area contributed by atoms with Gasteiger partial charge in [0.1, 0.15) is 5.52 Å². The summed E-state index contributed by atoms with van der Waals surface area (Å²) < 4.78 is 2.02. The van der Waals surface area contributed by atoms with E-state index in [0.29, 0.717) is 0 Å². The Morgan fingerprint density at radius 1 is 1.28 bits per heavy atom. The van der Waals surface area contributed by atoms with Crippen LogP contribution in [0.5, 0.6) is 0 Å². The fourth-order valence-electron chi connectivity index (χ4n) is 1.82. The molecule has 0 aliphatic carbocycles. The van der Waals surface area contributed by atoms with Crippen LogP contribution in [0.1, 0.15) is 5.56 Å². The number of hydrogen-bond acceptors (Lipinski definition) is 4. The fraction of sp³-hybridized carbons (Fsp3) is 0.0833. The van der Waals surface area contributed by atoms with Gasteiger partial charge in [0.2, 0.25) is 0 Å². The summed E-state index contributed by atoms with van der Waals surface area (Å²) >= 11 is 2.24. The van der Waals surface area contributed by atoms with Crippen molar-refractivity contribution in [3.05, 3.63) is 42.5 Å². The summed E-state index contributed by atoms with van der Waals surface area (Å²) in [6.07, 6.45) is 7.39. The van der Waals surface area contributed by atoms with Crippen molar-refractivity contribution in [2.45, 2.75) is 6.92 Å². The van der Waals surface area contributed by atoms with E-state index in [1.54, 1.807) is 27.7 Å². The van der Waals surface area contributed by atoms with E-state index in [0.717, 1.165) is 28.0 Å². The molecule has 3 aromatic heterocycles. The minimum absolute atomic E-state index is 0.879. The molecule has 0 radical (unpaired) electrons. The summed E-state index contributed by atoms with van der Waals surface area (Å²) in [6.45, 7) is 2.05. The van der Waals surface area contributed by atoms with Gasteiger partial charge >= 0.3 is 0 Å². The molecular formula is C12H9IN4S. The maximum Gasteiger partial charge on any atom is 0.169 e. The Bertz CT molecular complexity index is 696. The summed E-state index contributed by atoms with van der Waals surface area (Å²) in [6, 6.07) is 3.88. The Labute approximate surface area is 121 Å². The molecule has 0 bridgehead atoms. The molecule has 0 unspecified atom stereocenters. The van der Waals surface area contributed by atoms with Gasteiger partial charge in [-0.2, -0.15) is 0 Å². The molecule has 0 aliphatic heterocycles. The minimum Gasteiger partial charge on any atom is -0.265 e. The molecule has 3 aromatic rings. The molecule has 0 saturated heterocycles. The predicted octanol–water partition coefficient (Wildman–Crippen LogP) is 3.65. The third-order valence-corrected chi connectivity index (χ3v) is 4.40. The van der Waals surface area contributed by atoms with E-state index in [1.807, 2.05) is 16.1 Å². The molecule has 0 amide bonds. The first-order valence-electron chi connectivity index (χ1n) is 5.34. The van der Waals surface area contributed by atoms with E-state index in [1.165, 1.54) is 0 Å². The highest BCUT2D eigenvalue weighted by Gasteiger charge is 2.10. The van der Waals surface area contributed by atoms with Gasteiger partial charge in [-0.1, -0.05) is 0 Å². The standard InChI is InChI=1S/C12H9IN4S/c1-8-7-17(18-13)12-11(8)16-10(6-15-12)9-2-4-14-5-3-9/h2-7H,1H3. The maximum atomic E-state index is 4.69. The van der Waals surface area contributed by atoms with Crippen molar-refractivity contribution in [2.75, 3.05) is 0 Å². The molecule has 0 fully saturated rings. The largest absolute Gasteiger partial charge is 0.265 e. The van der Waals surface area contributed by atoms with Crippen molar-refractivity contribution >= 4 is 41.5 Å². The molecule has 90 valence electrons. The van der Waals surface area contributed by atoms with Crippen molar-refractivity contribution in [3.8, 4) is 11.3 Å².